The minimum atomic E-state index is -0.893. The molecule has 0 unspecified atom stereocenters. The minimum Gasteiger partial charge on any atom is -0.466 e. The molecule has 1 aromatic heterocycles. The van der Waals surface area contributed by atoms with Gasteiger partial charge in [0.1, 0.15) is 5.58 Å². The molecular weight excluding hydrogens is 366 g/mol. The van der Waals surface area contributed by atoms with Crippen molar-refractivity contribution in [2.45, 2.75) is 19.8 Å². The second-order valence-electron chi connectivity index (χ2n) is 6.48. The van der Waals surface area contributed by atoms with Crippen LogP contribution in [0.5, 0.6) is 0 Å². The van der Waals surface area contributed by atoms with E-state index in [0.717, 1.165) is 6.07 Å². The fraction of sp³-hybridized carbons (Fsp3) is 0.400. The van der Waals surface area contributed by atoms with Gasteiger partial charge in [0.15, 0.2) is 12.0 Å². The van der Waals surface area contributed by atoms with Crippen LogP contribution in [0.2, 0.25) is 0 Å². The third-order valence-corrected chi connectivity index (χ3v) is 4.56. The first-order chi connectivity index (χ1) is 13.5. The lowest BCUT2D eigenvalue weighted by Gasteiger charge is -2.31. The molecule has 0 bridgehead atoms. The molecule has 2 aromatic rings. The zero-order chi connectivity index (χ0) is 20.1. The van der Waals surface area contributed by atoms with Crippen LogP contribution in [0.3, 0.4) is 0 Å². The maximum atomic E-state index is 12.3. The first-order valence-electron chi connectivity index (χ1n) is 9.14. The molecule has 1 saturated heterocycles. The van der Waals surface area contributed by atoms with Crippen molar-refractivity contribution >= 4 is 28.8 Å². The Morgan fingerprint density at radius 3 is 2.79 bits per heavy atom. The Morgan fingerprint density at radius 1 is 1.21 bits per heavy atom. The summed E-state index contributed by atoms with van der Waals surface area (Å²) in [7, 11) is 0. The number of fused-ring (bicyclic) bond motifs is 1. The molecule has 148 valence electrons. The van der Waals surface area contributed by atoms with Crippen LogP contribution in [0.4, 0.5) is 0 Å². The van der Waals surface area contributed by atoms with Crippen LogP contribution >= 0.6 is 0 Å². The zero-order valence-electron chi connectivity index (χ0n) is 15.5. The molecule has 0 radical (unpaired) electrons. The molecular formula is C20H21NO7. The van der Waals surface area contributed by atoms with Crippen molar-refractivity contribution in [1.82, 2.24) is 4.90 Å². The lowest BCUT2D eigenvalue weighted by atomic mass is 9.98. The number of rotatable bonds is 5. The van der Waals surface area contributed by atoms with Crippen molar-refractivity contribution < 1.29 is 28.3 Å². The number of hydrogen-bond donors (Lipinski definition) is 0. The van der Waals surface area contributed by atoms with E-state index in [1.54, 1.807) is 31.2 Å². The summed E-state index contributed by atoms with van der Waals surface area (Å²) in [5.41, 5.74) is -0.102. The van der Waals surface area contributed by atoms with Crippen molar-refractivity contribution in [3.8, 4) is 0 Å². The second kappa shape index (κ2) is 8.69. The Kier molecular flexibility index (Phi) is 6.08. The number of carbonyl (C=O) groups excluding carboxylic acids is 3. The number of para-hydroxylation sites is 1. The van der Waals surface area contributed by atoms with E-state index < -0.39 is 18.5 Å². The van der Waals surface area contributed by atoms with Crippen molar-refractivity contribution in [2.24, 2.45) is 5.92 Å². The fourth-order valence-electron chi connectivity index (χ4n) is 3.15. The van der Waals surface area contributed by atoms with E-state index in [2.05, 4.69) is 0 Å². The molecule has 1 atom stereocenters. The Morgan fingerprint density at radius 2 is 2.00 bits per heavy atom. The molecule has 3 rings (SSSR count). The van der Waals surface area contributed by atoms with Gasteiger partial charge in [-0.2, -0.15) is 0 Å². The summed E-state index contributed by atoms with van der Waals surface area (Å²) < 4.78 is 15.4. The predicted octanol–water partition coefficient (Wildman–Crippen LogP) is 1.75. The van der Waals surface area contributed by atoms with Gasteiger partial charge in [-0.15, -0.1) is 0 Å². The second-order valence-corrected chi connectivity index (χ2v) is 6.48. The molecule has 1 aliphatic heterocycles. The van der Waals surface area contributed by atoms with Gasteiger partial charge in [-0.1, -0.05) is 12.1 Å². The fourth-order valence-corrected chi connectivity index (χ4v) is 3.15. The summed E-state index contributed by atoms with van der Waals surface area (Å²) in [6.45, 7) is 2.24. The number of hydrogen-bond acceptors (Lipinski definition) is 7. The summed E-state index contributed by atoms with van der Waals surface area (Å²) in [4.78, 5) is 49.9. The van der Waals surface area contributed by atoms with Crippen LogP contribution < -0.4 is 5.43 Å². The van der Waals surface area contributed by atoms with Crippen molar-refractivity contribution in [3.63, 3.8) is 0 Å². The molecule has 2 heterocycles. The zero-order valence-corrected chi connectivity index (χ0v) is 15.5. The number of amides is 1. The van der Waals surface area contributed by atoms with Crippen molar-refractivity contribution in [1.29, 1.82) is 0 Å². The largest absolute Gasteiger partial charge is 0.466 e. The van der Waals surface area contributed by atoms with E-state index in [0.29, 0.717) is 24.8 Å². The molecule has 0 saturated carbocycles. The molecule has 28 heavy (non-hydrogen) atoms. The normalized spacial score (nSPS) is 16.6. The highest BCUT2D eigenvalue weighted by molar-refractivity contribution is 5.90. The maximum Gasteiger partial charge on any atom is 0.374 e. The standard InChI is InChI=1S/C20H21NO7/c1-2-26-19(24)13-6-5-9-21(11-13)18(23)12-27-20(25)17-10-15(22)14-7-3-4-8-16(14)28-17/h3-4,7-8,10,13H,2,5-6,9,11-12H2,1H3/t13-/m0/s1. The molecule has 1 fully saturated rings. The Bertz CT molecular complexity index is 949. The number of ether oxygens (including phenoxy) is 2. The third-order valence-electron chi connectivity index (χ3n) is 4.56. The molecule has 1 amide bonds. The van der Waals surface area contributed by atoms with Crippen LogP contribution in [-0.2, 0) is 19.1 Å². The average molecular weight is 387 g/mol. The number of likely N-dealkylation sites (tertiary alicyclic amines) is 1. The summed E-state index contributed by atoms with van der Waals surface area (Å²) in [6, 6.07) is 7.59. The number of benzene rings is 1. The van der Waals surface area contributed by atoms with E-state index in [-0.39, 0.29) is 41.8 Å². The number of nitrogens with zero attached hydrogens (tertiary/aromatic N) is 1. The van der Waals surface area contributed by atoms with Gasteiger partial charge in [0.05, 0.1) is 17.9 Å². The molecule has 0 spiro atoms. The molecule has 1 aromatic carbocycles. The first-order valence-corrected chi connectivity index (χ1v) is 9.14. The highest BCUT2D eigenvalue weighted by Gasteiger charge is 2.29. The number of esters is 2. The van der Waals surface area contributed by atoms with E-state index >= 15 is 0 Å². The highest BCUT2D eigenvalue weighted by atomic mass is 16.5. The monoisotopic (exact) mass is 387 g/mol. The van der Waals surface area contributed by atoms with E-state index in [9.17, 15) is 19.2 Å². The van der Waals surface area contributed by atoms with Crippen molar-refractivity contribution in [3.05, 3.63) is 46.3 Å². The molecule has 8 heteroatoms. The first kappa shape index (κ1) is 19.6. The van der Waals surface area contributed by atoms with Crippen LogP contribution in [0.15, 0.2) is 39.5 Å². The quantitative estimate of drug-likeness (QED) is 0.720. The van der Waals surface area contributed by atoms with Gasteiger partial charge in [-0.05, 0) is 31.9 Å². The number of carbonyl (C=O) groups is 3. The van der Waals surface area contributed by atoms with Gasteiger partial charge in [0, 0.05) is 19.2 Å². The van der Waals surface area contributed by atoms with Crippen LogP contribution in [0.25, 0.3) is 11.0 Å². The summed E-state index contributed by atoms with van der Waals surface area (Å²) in [5.74, 6) is -2.26. The Labute approximate surface area is 161 Å². The van der Waals surface area contributed by atoms with Gasteiger partial charge < -0.3 is 18.8 Å². The Hall–Kier alpha value is -3.16. The van der Waals surface area contributed by atoms with Gasteiger partial charge in [-0.25, -0.2) is 4.79 Å². The third kappa shape index (κ3) is 4.39. The summed E-state index contributed by atoms with van der Waals surface area (Å²) >= 11 is 0. The van der Waals surface area contributed by atoms with E-state index in [4.69, 9.17) is 13.9 Å². The molecule has 0 aliphatic carbocycles. The SMILES string of the molecule is CCOC(=O)[C@H]1CCCN(C(=O)COC(=O)c2cc(=O)c3ccccc3o2)C1. The minimum absolute atomic E-state index is 0.236. The van der Waals surface area contributed by atoms with Gasteiger partial charge in [-0.3, -0.25) is 14.4 Å². The topological polar surface area (TPSA) is 103 Å². The van der Waals surface area contributed by atoms with E-state index in [1.807, 2.05) is 0 Å². The molecule has 0 N–H and O–H groups in total. The van der Waals surface area contributed by atoms with E-state index in [1.165, 1.54) is 4.90 Å². The predicted molar refractivity (Wildman–Crippen MR) is 98.7 cm³/mol. The molecule has 1 aliphatic rings. The van der Waals surface area contributed by atoms with Gasteiger partial charge in [0.2, 0.25) is 5.76 Å². The van der Waals surface area contributed by atoms with Crippen LogP contribution in [0, 0.1) is 5.92 Å². The smallest absolute Gasteiger partial charge is 0.374 e. The molecule has 8 nitrogen and oxygen atoms in total. The van der Waals surface area contributed by atoms with Gasteiger partial charge >= 0.3 is 11.9 Å². The Balaban J connectivity index is 1.60. The summed E-state index contributed by atoms with van der Waals surface area (Å²) in [6.07, 6.45) is 1.33. The van der Waals surface area contributed by atoms with Crippen molar-refractivity contribution in [2.75, 3.05) is 26.3 Å². The van der Waals surface area contributed by atoms with Crippen LogP contribution in [-0.4, -0.2) is 49.0 Å². The summed E-state index contributed by atoms with van der Waals surface area (Å²) in [5, 5.41) is 0.355. The van der Waals surface area contributed by atoms with Gasteiger partial charge in [0.25, 0.3) is 5.91 Å². The lowest BCUT2D eigenvalue weighted by molar-refractivity contribution is -0.151. The van der Waals surface area contributed by atoms with Crippen LogP contribution in [0.1, 0.15) is 30.3 Å². The maximum absolute atomic E-state index is 12.3. The lowest BCUT2D eigenvalue weighted by Crippen LogP contribution is -2.44. The average Bonchev–Trinajstić information content (AvgIpc) is 2.72. The highest BCUT2D eigenvalue weighted by Crippen LogP contribution is 2.18. The number of piperidine rings is 1.